The number of ketones is 1. The number of benzene rings is 3. The third kappa shape index (κ3) is 6.73. The minimum Gasteiger partial charge on any atom is -0.507 e. The minimum atomic E-state index is -0.355. The highest BCUT2D eigenvalue weighted by atomic mass is 16.5. The Morgan fingerprint density at radius 3 is 2.34 bits per heavy atom. The number of methoxy groups -OCH3 is 3. The molecule has 1 unspecified atom stereocenters. The molecule has 0 aliphatic carbocycles. The summed E-state index contributed by atoms with van der Waals surface area (Å²) in [5, 5.41) is 13.5. The number of hydrogen-bond donors (Lipinski definition) is 2. The lowest BCUT2D eigenvalue weighted by Crippen LogP contribution is -2.44. The van der Waals surface area contributed by atoms with Crippen LogP contribution in [-0.4, -0.2) is 58.2 Å². The molecule has 1 saturated heterocycles. The van der Waals surface area contributed by atoms with E-state index in [1.54, 1.807) is 32.4 Å². The molecule has 1 fully saturated rings. The quantitative estimate of drug-likeness (QED) is 0.225. The first kappa shape index (κ1) is 26.8. The first-order chi connectivity index (χ1) is 18.5. The molecule has 3 aromatic rings. The summed E-state index contributed by atoms with van der Waals surface area (Å²) in [7, 11) is 4.63. The second kappa shape index (κ2) is 12.8. The minimum absolute atomic E-state index is 0.153. The summed E-state index contributed by atoms with van der Waals surface area (Å²) in [6, 6.07) is 15.9. The molecule has 38 heavy (non-hydrogen) atoms. The van der Waals surface area contributed by atoms with Crippen molar-refractivity contribution in [3.63, 3.8) is 0 Å². The molecule has 1 heterocycles. The maximum absolute atomic E-state index is 12.8. The van der Waals surface area contributed by atoms with Gasteiger partial charge in [-0.15, -0.1) is 0 Å². The fourth-order valence-corrected chi connectivity index (χ4v) is 3.95. The van der Waals surface area contributed by atoms with Crippen molar-refractivity contribution < 1.29 is 33.6 Å². The van der Waals surface area contributed by atoms with Gasteiger partial charge in [0.1, 0.15) is 28.7 Å². The molecule has 0 radical (unpaired) electrons. The number of carbonyl (C=O) groups excluding carboxylic acids is 1. The van der Waals surface area contributed by atoms with E-state index >= 15 is 0 Å². The van der Waals surface area contributed by atoms with E-state index in [-0.39, 0.29) is 23.3 Å². The molecule has 0 bridgehead atoms. The van der Waals surface area contributed by atoms with Crippen LogP contribution < -0.4 is 24.3 Å². The lowest BCUT2D eigenvalue weighted by molar-refractivity contribution is -0.00246. The van der Waals surface area contributed by atoms with Crippen LogP contribution in [0.1, 0.15) is 27.0 Å². The molecule has 8 nitrogen and oxygen atoms in total. The van der Waals surface area contributed by atoms with Gasteiger partial charge in [-0.2, -0.15) is 0 Å². The Morgan fingerprint density at radius 1 is 0.921 bits per heavy atom. The van der Waals surface area contributed by atoms with Crippen LogP contribution in [0.3, 0.4) is 0 Å². The summed E-state index contributed by atoms with van der Waals surface area (Å²) in [6.07, 6.45) is 6.78. The predicted molar refractivity (Wildman–Crippen MR) is 146 cm³/mol. The van der Waals surface area contributed by atoms with Gasteiger partial charge in [-0.1, -0.05) is 24.3 Å². The Balaban J connectivity index is 1.57. The molecule has 0 aromatic heterocycles. The Morgan fingerprint density at radius 2 is 1.68 bits per heavy atom. The van der Waals surface area contributed by atoms with Gasteiger partial charge in [0.05, 0.1) is 40.1 Å². The van der Waals surface area contributed by atoms with Crippen LogP contribution in [0.5, 0.6) is 28.7 Å². The molecule has 0 amide bonds. The average molecular weight is 518 g/mol. The van der Waals surface area contributed by atoms with E-state index in [1.165, 1.54) is 25.3 Å². The highest BCUT2D eigenvalue weighted by molar-refractivity contribution is 6.09. The van der Waals surface area contributed by atoms with E-state index < -0.39 is 0 Å². The van der Waals surface area contributed by atoms with Crippen molar-refractivity contribution >= 4 is 24.0 Å². The molecule has 1 atom stereocenters. The second-order valence-electron chi connectivity index (χ2n) is 8.45. The normalized spacial score (nSPS) is 15.5. The number of allylic oxidation sites excluding steroid dienone is 1. The van der Waals surface area contributed by atoms with Crippen LogP contribution >= 0.6 is 0 Å². The maximum Gasteiger partial charge on any atom is 0.189 e. The second-order valence-corrected chi connectivity index (χ2v) is 8.45. The third-order valence-corrected chi connectivity index (χ3v) is 5.98. The van der Waals surface area contributed by atoms with Gasteiger partial charge >= 0.3 is 0 Å². The van der Waals surface area contributed by atoms with Crippen molar-refractivity contribution in [1.29, 1.82) is 0 Å². The van der Waals surface area contributed by atoms with Crippen LogP contribution in [0.15, 0.2) is 60.7 Å². The zero-order valence-corrected chi connectivity index (χ0v) is 21.6. The molecular formula is C30H31NO7. The van der Waals surface area contributed by atoms with Crippen molar-refractivity contribution in [3.05, 3.63) is 82.9 Å². The number of ether oxygens (including phenoxy) is 5. The number of phenolic OH excluding ortho intramolecular Hbond substituents is 1. The summed E-state index contributed by atoms with van der Waals surface area (Å²) >= 11 is 0. The van der Waals surface area contributed by atoms with E-state index in [4.69, 9.17) is 23.7 Å². The van der Waals surface area contributed by atoms with E-state index in [0.29, 0.717) is 36.0 Å². The molecule has 1 aliphatic rings. The van der Waals surface area contributed by atoms with E-state index in [1.807, 2.05) is 42.5 Å². The van der Waals surface area contributed by atoms with Gasteiger partial charge in [0.25, 0.3) is 0 Å². The van der Waals surface area contributed by atoms with Gasteiger partial charge < -0.3 is 28.8 Å². The first-order valence-electron chi connectivity index (χ1n) is 12.1. The molecule has 2 N–H and O–H groups in total. The number of phenols is 1. The van der Waals surface area contributed by atoms with E-state index in [9.17, 15) is 9.90 Å². The summed E-state index contributed by atoms with van der Waals surface area (Å²) in [5.74, 6) is 1.86. The number of morpholine rings is 1. The smallest absolute Gasteiger partial charge is 0.189 e. The van der Waals surface area contributed by atoms with Crippen molar-refractivity contribution in [3.8, 4) is 28.7 Å². The van der Waals surface area contributed by atoms with Gasteiger partial charge in [-0.25, -0.2) is 0 Å². The summed E-state index contributed by atoms with van der Waals surface area (Å²) in [4.78, 5) is 12.8. The standard InChI is InChI=1S/C30H31NO7/c1-34-23-10-11-26(28(33)17-23)27(32)13-12-25-21(16-24(35-2)18-29(25)36-3)7-4-20-5-8-22(9-6-20)38-30-19-37-15-14-31-30/h4-13,16-18,30-31,33H,14-15,19H2,1-3H3/b7-4+,13-12+. The lowest BCUT2D eigenvalue weighted by Gasteiger charge is -2.24. The zero-order valence-electron chi connectivity index (χ0n) is 21.6. The fourth-order valence-electron chi connectivity index (χ4n) is 3.95. The summed E-state index contributed by atoms with van der Waals surface area (Å²) in [5.41, 5.74) is 2.60. The number of nitrogens with one attached hydrogen (secondary N) is 1. The van der Waals surface area contributed by atoms with Gasteiger partial charge in [-0.3, -0.25) is 10.1 Å². The first-order valence-corrected chi connectivity index (χ1v) is 12.1. The van der Waals surface area contributed by atoms with Crippen LogP contribution in [0, 0.1) is 0 Å². The molecule has 198 valence electrons. The Kier molecular flexibility index (Phi) is 9.02. The number of rotatable bonds is 10. The van der Waals surface area contributed by atoms with Gasteiger partial charge in [-0.05, 0) is 53.6 Å². The maximum atomic E-state index is 12.8. The summed E-state index contributed by atoms with van der Waals surface area (Å²) in [6.45, 7) is 1.96. The Hall–Kier alpha value is -4.27. The fraction of sp³-hybridized carbons (Fsp3) is 0.233. The monoisotopic (exact) mass is 517 g/mol. The lowest BCUT2D eigenvalue weighted by atomic mass is 10.0. The van der Waals surface area contributed by atoms with Crippen LogP contribution in [0.4, 0.5) is 0 Å². The number of hydrogen-bond acceptors (Lipinski definition) is 8. The van der Waals surface area contributed by atoms with Gasteiger partial charge in [0.2, 0.25) is 0 Å². The van der Waals surface area contributed by atoms with Crippen LogP contribution in [0.2, 0.25) is 0 Å². The van der Waals surface area contributed by atoms with Gasteiger partial charge in [0, 0.05) is 24.2 Å². The SMILES string of the molecule is COc1ccc(C(=O)/C=C/c2c(/C=C/c3ccc(OC4COCCN4)cc3)cc(OC)cc2OC)c(O)c1. The molecular weight excluding hydrogens is 486 g/mol. The average Bonchev–Trinajstić information content (AvgIpc) is 2.95. The Labute approximate surface area is 222 Å². The third-order valence-electron chi connectivity index (χ3n) is 5.98. The highest BCUT2D eigenvalue weighted by Crippen LogP contribution is 2.32. The molecule has 4 rings (SSSR count). The summed E-state index contributed by atoms with van der Waals surface area (Å²) < 4.78 is 27.5. The van der Waals surface area contributed by atoms with E-state index in [2.05, 4.69) is 5.32 Å². The van der Waals surface area contributed by atoms with Crippen molar-refractivity contribution in [2.24, 2.45) is 0 Å². The molecule has 1 aliphatic heterocycles. The van der Waals surface area contributed by atoms with Crippen LogP contribution in [0.25, 0.3) is 18.2 Å². The molecule has 3 aromatic carbocycles. The Bertz CT molecular complexity index is 1310. The van der Waals surface area contributed by atoms with Crippen LogP contribution in [-0.2, 0) is 4.74 Å². The van der Waals surface area contributed by atoms with Crippen molar-refractivity contribution in [2.75, 3.05) is 41.1 Å². The zero-order chi connectivity index (χ0) is 26.9. The highest BCUT2D eigenvalue weighted by Gasteiger charge is 2.14. The van der Waals surface area contributed by atoms with Crippen molar-refractivity contribution in [1.82, 2.24) is 5.32 Å². The largest absolute Gasteiger partial charge is 0.507 e. The molecule has 0 spiro atoms. The predicted octanol–water partition coefficient (Wildman–Crippen LogP) is 4.81. The topological polar surface area (TPSA) is 95.5 Å². The van der Waals surface area contributed by atoms with Gasteiger partial charge in [0.15, 0.2) is 12.0 Å². The number of aromatic hydroxyl groups is 1. The van der Waals surface area contributed by atoms with E-state index in [0.717, 1.165) is 23.4 Å². The number of carbonyl (C=O) groups is 1. The molecule has 0 saturated carbocycles. The van der Waals surface area contributed by atoms with Crippen molar-refractivity contribution in [2.45, 2.75) is 6.23 Å². The molecule has 8 heteroatoms.